The molecule has 1 aromatic heterocycles. The van der Waals surface area contributed by atoms with Crippen molar-refractivity contribution in [1.82, 2.24) is 9.97 Å². The average molecular weight is 393 g/mol. The summed E-state index contributed by atoms with van der Waals surface area (Å²) in [6.07, 6.45) is 1.02. The van der Waals surface area contributed by atoms with Gasteiger partial charge in [-0.1, -0.05) is 20.8 Å². The van der Waals surface area contributed by atoms with Crippen molar-refractivity contribution in [1.29, 1.82) is 10.5 Å². The van der Waals surface area contributed by atoms with Crippen molar-refractivity contribution in [2.24, 2.45) is 5.41 Å². The normalized spacial score (nSPS) is 25.8. The van der Waals surface area contributed by atoms with Crippen LogP contribution in [0.4, 0.5) is 14.5 Å². The lowest BCUT2D eigenvalue weighted by Crippen LogP contribution is -2.48. The number of benzene rings is 1. The number of halogens is 2. The second-order valence-corrected chi connectivity index (χ2v) is 8.28. The molecule has 1 heterocycles. The van der Waals surface area contributed by atoms with Crippen LogP contribution in [0.1, 0.15) is 56.4 Å². The lowest BCUT2D eigenvalue weighted by molar-refractivity contribution is -0.125. The number of hydrogen-bond acceptors (Lipinski definition) is 5. The van der Waals surface area contributed by atoms with Crippen LogP contribution >= 0.6 is 0 Å². The predicted molar refractivity (Wildman–Crippen MR) is 98.5 cm³/mol. The van der Waals surface area contributed by atoms with Gasteiger partial charge in [-0.3, -0.25) is 4.79 Å². The minimum Gasteiger partial charge on any atom is -0.323 e. The van der Waals surface area contributed by atoms with E-state index in [9.17, 15) is 24.1 Å². The van der Waals surface area contributed by atoms with E-state index in [0.29, 0.717) is 24.2 Å². The van der Waals surface area contributed by atoms with Crippen LogP contribution < -0.4 is 5.32 Å². The smallest absolute Gasteiger partial charge is 0.237 e. The number of nitrogens with one attached hydrogen (secondary N) is 1. The van der Waals surface area contributed by atoms with Crippen LogP contribution in [0.15, 0.2) is 18.2 Å². The Morgan fingerprint density at radius 1 is 1.07 bits per heavy atom. The monoisotopic (exact) mass is 393 g/mol. The zero-order valence-electron chi connectivity index (χ0n) is 16.1. The van der Waals surface area contributed by atoms with E-state index < -0.39 is 33.8 Å². The van der Waals surface area contributed by atoms with Gasteiger partial charge in [-0.2, -0.15) is 10.5 Å². The van der Waals surface area contributed by atoms with Crippen molar-refractivity contribution in [3.05, 3.63) is 52.6 Å². The van der Waals surface area contributed by atoms with Crippen molar-refractivity contribution in [3.63, 3.8) is 0 Å². The first-order valence-corrected chi connectivity index (χ1v) is 9.12. The van der Waals surface area contributed by atoms with E-state index in [4.69, 9.17) is 0 Å². The summed E-state index contributed by atoms with van der Waals surface area (Å²) in [6.45, 7) is 5.77. The van der Waals surface area contributed by atoms with Crippen LogP contribution in [0.25, 0.3) is 0 Å². The van der Waals surface area contributed by atoms with Gasteiger partial charge in [-0.15, -0.1) is 0 Å². The molecule has 8 heteroatoms. The first-order valence-electron chi connectivity index (χ1n) is 9.12. The molecule has 2 aromatic rings. The molecule has 1 amide bonds. The Bertz CT molecular complexity index is 1160. The third-order valence-corrected chi connectivity index (χ3v) is 7.05. The van der Waals surface area contributed by atoms with Crippen molar-refractivity contribution in [2.45, 2.75) is 44.4 Å². The highest BCUT2D eigenvalue weighted by atomic mass is 19.1. The molecule has 0 unspecified atom stereocenters. The SMILES string of the molecule is CC1(C)[C@@]2(C)CC[C@]1(C(=O)Nc1cc(F)ccc1F)c1nc(C#N)c(C#N)nc12. The van der Waals surface area contributed by atoms with Crippen LogP contribution in [0.2, 0.25) is 0 Å². The molecular weight excluding hydrogens is 376 g/mol. The highest BCUT2D eigenvalue weighted by molar-refractivity contribution is 6.01. The standard InChI is InChI=1S/C21H17F2N5O/c1-19(2)20(3)6-7-21(19,17-16(20)26-14(9-24)15(10-25)27-17)18(29)28-13-8-11(22)4-5-12(13)23/h4-5,8H,6-7H2,1-3H3,(H,28,29)/t20-,21+/m0/s1. The first-order chi connectivity index (χ1) is 13.6. The van der Waals surface area contributed by atoms with Crippen molar-refractivity contribution in [2.75, 3.05) is 5.32 Å². The Morgan fingerprint density at radius 2 is 1.69 bits per heavy atom. The van der Waals surface area contributed by atoms with Gasteiger partial charge < -0.3 is 5.32 Å². The van der Waals surface area contributed by atoms with E-state index in [1.54, 1.807) is 0 Å². The number of anilines is 1. The lowest BCUT2D eigenvalue weighted by atomic mass is 9.63. The van der Waals surface area contributed by atoms with Crippen LogP contribution in [-0.2, 0) is 15.6 Å². The van der Waals surface area contributed by atoms with Crippen molar-refractivity contribution >= 4 is 11.6 Å². The summed E-state index contributed by atoms with van der Waals surface area (Å²) in [6, 6.07) is 6.59. The predicted octanol–water partition coefficient (Wildman–Crippen LogP) is 3.47. The molecule has 0 radical (unpaired) electrons. The molecule has 0 spiro atoms. The summed E-state index contributed by atoms with van der Waals surface area (Å²) < 4.78 is 27.7. The number of nitriles is 2. The minimum atomic E-state index is -1.19. The lowest BCUT2D eigenvalue weighted by Gasteiger charge is -2.39. The maximum atomic E-state index is 14.1. The molecule has 2 aliphatic rings. The summed E-state index contributed by atoms with van der Waals surface area (Å²) in [5, 5.41) is 21.2. The maximum Gasteiger partial charge on any atom is 0.237 e. The maximum absolute atomic E-state index is 14.1. The third-order valence-electron chi connectivity index (χ3n) is 7.05. The van der Waals surface area contributed by atoms with E-state index >= 15 is 0 Å². The second kappa shape index (κ2) is 5.81. The Morgan fingerprint density at radius 3 is 2.31 bits per heavy atom. The molecule has 2 atom stereocenters. The molecule has 0 aliphatic heterocycles. The molecule has 4 rings (SSSR count). The number of carbonyl (C=O) groups is 1. The summed E-state index contributed by atoms with van der Waals surface area (Å²) in [5.41, 5.74) is -2.08. The zero-order chi connectivity index (χ0) is 21.2. The van der Waals surface area contributed by atoms with E-state index in [1.807, 2.05) is 32.9 Å². The number of hydrogen-bond donors (Lipinski definition) is 1. The van der Waals surface area contributed by atoms with E-state index in [1.165, 1.54) is 0 Å². The van der Waals surface area contributed by atoms with Crippen LogP contribution in [-0.4, -0.2) is 15.9 Å². The van der Waals surface area contributed by atoms with Gasteiger partial charge in [-0.25, -0.2) is 18.7 Å². The third kappa shape index (κ3) is 2.14. The summed E-state index contributed by atoms with van der Waals surface area (Å²) in [7, 11) is 0. The topological polar surface area (TPSA) is 102 Å². The molecule has 6 nitrogen and oxygen atoms in total. The van der Waals surface area contributed by atoms with Crippen LogP contribution in [0.5, 0.6) is 0 Å². The summed E-state index contributed by atoms with van der Waals surface area (Å²) in [4.78, 5) is 22.3. The van der Waals surface area contributed by atoms with Gasteiger partial charge in [0, 0.05) is 11.5 Å². The fraction of sp³-hybridized carbons (Fsp3) is 0.381. The van der Waals surface area contributed by atoms with E-state index in [-0.39, 0.29) is 17.1 Å². The Kier molecular flexibility index (Phi) is 3.79. The zero-order valence-corrected chi connectivity index (χ0v) is 16.1. The van der Waals surface area contributed by atoms with Crippen molar-refractivity contribution in [3.8, 4) is 12.1 Å². The highest BCUT2D eigenvalue weighted by Crippen LogP contribution is 2.70. The number of nitrogens with zero attached hydrogens (tertiary/aromatic N) is 4. The molecular formula is C21H17F2N5O. The molecule has 1 saturated carbocycles. The number of amides is 1. The number of carbonyl (C=O) groups excluding carboxylic acids is 1. The second-order valence-electron chi connectivity index (χ2n) is 8.28. The molecule has 1 aromatic carbocycles. The summed E-state index contributed by atoms with van der Waals surface area (Å²) in [5.74, 6) is -1.96. The average Bonchev–Trinajstić information content (AvgIpc) is 2.99. The molecule has 1 N–H and O–H groups in total. The Labute approximate surface area is 166 Å². The summed E-state index contributed by atoms with van der Waals surface area (Å²) >= 11 is 0. The quantitative estimate of drug-likeness (QED) is 0.842. The first kappa shape index (κ1) is 18.9. The van der Waals surface area contributed by atoms with Gasteiger partial charge in [0.25, 0.3) is 0 Å². The Balaban J connectivity index is 1.92. The van der Waals surface area contributed by atoms with E-state index in [2.05, 4.69) is 15.3 Å². The van der Waals surface area contributed by atoms with Gasteiger partial charge in [0.05, 0.1) is 22.5 Å². The minimum absolute atomic E-state index is 0.0810. The van der Waals surface area contributed by atoms with Crippen LogP contribution in [0, 0.1) is 39.7 Å². The van der Waals surface area contributed by atoms with Gasteiger partial charge in [0.2, 0.25) is 5.91 Å². The van der Waals surface area contributed by atoms with Gasteiger partial charge in [-0.05, 0) is 30.4 Å². The van der Waals surface area contributed by atoms with Gasteiger partial charge in [0.15, 0.2) is 11.4 Å². The largest absolute Gasteiger partial charge is 0.323 e. The fourth-order valence-electron chi connectivity index (χ4n) is 4.96. The molecule has 2 bridgehead atoms. The van der Waals surface area contributed by atoms with Gasteiger partial charge >= 0.3 is 0 Å². The highest BCUT2D eigenvalue weighted by Gasteiger charge is 2.73. The van der Waals surface area contributed by atoms with E-state index in [0.717, 1.165) is 18.2 Å². The Hall–Kier alpha value is -3.39. The number of rotatable bonds is 2. The molecule has 0 saturated heterocycles. The molecule has 29 heavy (non-hydrogen) atoms. The molecule has 2 aliphatic carbocycles. The number of aromatic nitrogens is 2. The van der Waals surface area contributed by atoms with Crippen molar-refractivity contribution < 1.29 is 13.6 Å². The van der Waals surface area contributed by atoms with Crippen LogP contribution in [0.3, 0.4) is 0 Å². The number of fused-ring (bicyclic) bond motifs is 5. The molecule has 1 fully saturated rings. The van der Waals surface area contributed by atoms with Gasteiger partial charge in [0.1, 0.15) is 23.8 Å². The molecule has 146 valence electrons. The fourth-order valence-corrected chi connectivity index (χ4v) is 4.96.